The molecule has 3 heterocycles. The number of quaternary nitrogens is 1. The number of amides is 2. The standard InChI is InChI=1S/C15H18N2O5/c1-4-21-14(20)15(2)10-9(12(18)17(3)13(10)19)11(16-15)8-6-5-7-22-8/h5-7,9-11,16H,4H2,1-3H3/p+1/t9-,10+,11-,15-/m0/s1. The monoisotopic (exact) mass is 307 g/mol. The van der Waals surface area contributed by atoms with Crippen LogP contribution >= 0.6 is 0 Å². The molecule has 7 nitrogen and oxygen atoms in total. The van der Waals surface area contributed by atoms with Gasteiger partial charge in [-0.3, -0.25) is 14.5 Å². The molecule has 0 bridgehead atoms. The first-order valence-corrected chi connectivity index (χ1v) is 7.30. The summed E-state index contributed by atoms with van der Waals surface area (Å²) in [5, 5.41) is 1.74. The number of hydrogen-bond donors (Lipinski definition) is 1. The van der Waals surface area contributed by atoms with Crippen molar-refractivity contribution < 1.29 is 28.9 Å². The van der Waals surface area contributed by atoms with Crippen molar-refractivity contribution >= 4 is 17.8 Å². The maximum atomic E-state index is 12.5. The van der Waals surface area contributed by atoms with Crippen LogP contribution in [0, 0.1) is 11.8 Å². The molecule has 2 aliphatic rings. The Morgan fingerprint density at radius 2 is 2.18 bits per heavy atom. The van der Waals surface area contributed by atoms with Crippen LogP contribution in [-0.4, -0.2) is 41.9 Å². The van der Waals surface area contributed by atoms with Gasteiger partial charge in [-0.05, 0) is 19.1 Å². The Kier molecular flexibility index (Phi) is 3.32. The predicted molar refractivity (Wildman–Crippen MR) is 73.2 cm³/mol. The van der Waals surface area contributed by atoms with Gasteiger partial charge < -0.3 is 14.5 Å². The number of imide groups is 1. The van der Waals surface area contributed by atoms with E-state index in [4.69, 9.17) is 9.15 Å². The molecule has 0 aromatic carbocycles. The van der Waals surface area contributed by atoms with Gasteiger partial charge in [-0.15, -0.1) is 0 Å². The van der Waals surface area contributed by atoms with Crippen LogP contribution in [0.25, 0.3) is 0 Å². The average Bonchev–Trinajstić information content (AvgIpc) is 3.15. The minimum absolute atomic E-state index is 0.225. The number of hydrogen-bond acceptors (Lipinski definition) is 5. The molecule has 0 unspecified atom stereocenters. The van der Waals surface area contributed by atoms with Gasteiger partial charge in [-0.2, -0.15) is 0 Å². The molecule has 22 heavy (non-hydrogen) atoms. The molecule has 2 amide bonds. The lowest BCUT2D eigenvalue weighted by atomic mass is 9.81. The fourth-order valence-corrected chi connectivity index (χ4v) is 3.63. The Morgan fingerprint density at radius 1 is 1.45 bits per heavy atom. The molecule has 3 rings (SSSR count). The number of carbonyl (C=O) groups excluding carboxylic acids is 3. The zero-order valence-electron chi connectivity index (χ0n) is 12.7. The summed E-state index contributed by atoms with van der Waals surface area (Å²) in [4.78, 5) is 38.5. The third-order valence-electron chi connectivity index (χ3n) is 4.72. The van der Waals surface area contributed by atoms with E-state index in [0.717, 1.165) is 4.90 Å². The first-order valence-electron chi connectivity index (χ1n) is 7.30. The molecule has 0 radical (unpaired) electrons. The van der Waals surface area contributed by atoms with Crippen LogP contribution in [0.5, 0.6) is 0 Å². The predicted octanol–water partition coefficient (Wildman–Crippen LogP) is -0.549. The smallest absolute Gasteiger partial charge is 0.368 e. The molecule has 0 saturated carbocycles. The SMILES string of the molecule is CCOC(=O)[C@@]1(C)[NH2+][C@@H](c2ccco2)[C@H]2C(=O)N(C)C(=O)[C@@H]21. The van der Waals surface area contributed by atoms with Crippen LogP contribution in [0.1, 0.15) is 25.6 Å². The highest BCUT2D eigenvalue weighted by molar-refractivity contribution is 6.08. The molecular weight excluding hydrogens is 288 g/mol. The Hall–Kier alpha value is -2.15. The van der Waals surface area contributed by atoms with E-state index in [9.17, 15) is 14.4 Å². The van der Waals surface area contributed by atoms with E-state index >= 15 is 0 Å². The van der Waals surface area contributed by atoms with Crippen LogP contribution < -0.4 is 5.32 Å². The zero-order valence-corrected chi connectivity index (χ0v) is 12.7. The Balaban J connectivity index is 2.06. The van der Waals surface area contributed by atoms with E-state index in [2.05, 4.69) is 0 Å². The molecule has 1 aromatic heterocycles. The minimum Gasteiger partial charge on any atom is -0.463 e. The van der Waals surface area contributed by atoms with Crippen molar-refractivity contribution in [3.8, 4) is 0 Å². The third-order valence-corrected chi connectivity index (χ3v) is 4.72. The van der Waals surface area contributed by atoms with Gasteiger partial charge in [0, 0.05) is 14.0 Å². The Bertz CT molecular complexity index is 626. The number of nitrogens with zero attached hydrogens (tertiary/aromatic N) is 1. The number of carbonyl (C=O) groups is 3. The van der Waals surface area contributed by atoms with Crippen molar-refractivity contribution in [1.82, 2.24) is 4.90 Å². The fraction of sp³-hybridized carbons (Fsp3) is 0.533. The van der Waals surface area contributed by atoms with Gasteiger partial charge in [0.25, 0.3) is 0 Å². The highest BCUT2D eigenvalue weighted by atomic mass is 16.5. The Labute approximate surface area is 127 Å². The van der Waals surface area contributed by atoms with Gasteiger partial charge in [-0.25, -0.2) is 4.79 Å². The molecule has 118 valence electrons. The maximum absolute atomic E-state index is 12.5. The second-order valence-corrected chi connectivity index (χ2v) is 5.95. The second-order valence-electron chi connectivity index (χ2n) is 5.95. The quantitative estimate of drug-likeness (QED) is 0.597. The van der Waals surface area contributed by atoms with Gasteiger partial charge in [0.15, 0.2) is 11.8 Å². The van der Waals surface area contributed by atoms with Crippen molar-refractivity contribution in [3.05, 3.63) is 24.2 Å². The summed E-state index contributed by atoms with van der Waals surface area (Å²) in [6, 6.07) is 3.07. The summed E-state index contributed by atoms with van der Waals surface area (Å²) in [6.45, 7) is 3.60. The topological polar surface area (TPSA) is 93.4 Å². The van der Waals surface area contributed by atoms with Crippen LogP contribution in [0.2, 0.25) is 0 Å². The lowest BCUT2D eigenvalue weighted by molar-refractivity contribution is -0.732. The van der Waals surface area contributed by atoms with Crippen molar-refractivity contribution in [2.75, 3.05) is 13.7 Å². The summed E-state index contributed by atoms with van der Waals surface area (Å²) in [6.07, 6.45) is 1.52. The van der Waals surface area contributed by atoms with Gasteiger partial charge in [0.05, 0.1) is 12.9 Å². The average molecular weight is 307 g/mol. The fourth-order valence-electron chi connectivity index (χ4n) is 3.63. The van der Waals surface area contributed by atoms with Crippen LogP contribution in [0.3, 0.4) is 0 Å². The number of esters is 1. The molecule has 1 aromatic rings. The molecule has 7 heteroatoms. The van der Waals surface area contributed by atoms with Crippen LogP contribution in [-0.2, 0) is 19.1 Å². The number of rotatable bonds is 3. The van der Waals surface area contributed by atoms with Crippen molar-refractivity contribution in [2.24, 2.45) is 11.8 Å². The van der Waals surface area contributed by atoms with Gasteiger partial charge in [0.1, 0.15) is 11.8 Å². The van der Waals surface area contributed by atoms with E-state index in [0.29, 0.717) is 5.76 Å². The van der Waals surface area contributed by atoms with Crippen LogP contribution in [0.15, 0.2) is 22.8 Å². The zero-order chi connectivity index (χ0) is 16.1. The molecule has 2 N–H and O–H groups in total. The van der Waals surface area contributed by atoms with Crippen molar-refractivity contribution in [1.29, 1.82) is 0 Å². The minimum atomic E-state index is -1.13. The van der Waals surface area contributed by atoms with Crippen molar-refractivity contribution in [3.63, 3.8) is 0 Å². The highest BCUT2D eigenvalue weighted by Gasteiger charge is 2.70. The van der Waals surface area contributed by atoms with E-state index in [1.807, 2.05) is 0 Å². The summed E-state index contributed by atoms with van der Waals surface area (Å²) < 4.78 is 10.6. The van der Waals surface area contributed by atoms with Crippen LogP contribution in [0.4, 0.5) is 0 Å². The van der Waals surface area contributed by atoms with E-state index in [1.165, 1.54) is 13.3 Å². The lowest BCUT2D eigenvalue weighted by Crippen LogP contribution is -2.97. The molecule has 2 aliphatic heterocycles. The lowest BCUT2D eigenvalue weighted by Gasteiger charge is -2.24. The summed E-state index contributed by atoms with van der Waals surface area (Å²) >= 11 is 0. The number of nitrogens with two attached hydrogens (primary N) is 1. The number of ether oxygens (including phenoxy) is 1. The Morgan fingerprint density at radius 3 is 2.77 bits per heavy atom. The second kappa shape index (κ2) is 4.95. The number of likely N-dealkylation sites (tertiary alicyclic amines) is 1. The van der Waals surface area contributed by atoms with Crippen molar-refractivity contribution in [2.45, 2.75) is 25.4 Å². The van der Waals surface area contributed by atoms with Gasteiger partial charge in [0.2, 0.25) is 17.4 Å². The first kappa shape index (κ1) is 14.8. The highest BCUT2D eigenvalue weighted by Crippen LogP contribution is 2.43. The van der Waals surface area contributed by atoms with E-state index in [-0.39, 0.29) is 18.4 Å². The number of furan rings is 1. The molecule has 2 saturated heterocycles. The van der Waals surface area contributed by atoms with Gasteiger partial charge in [-0.1, -0.05) is 0 Å². The molecule has 4 atom stereocenters. The maximum Gasteiger partial charge on any atom is 0.368 e. The molecule has 0 aliphatic carbocycles. The van der Waals surface area contributed by atoms with E-state index < -0.39 is 29.4 Å². The summed E-state index contributed by atoms with van der Waals surface area (Å²) in [5.74, 6) is -1.86. The third kappa shape index (κ3) is 1.81. The van der Waals surface area contributed by atoms with E-state index in [1.54, 1.807) is 31.3 Å². The molecule has 2 fully saturated rings. The summed E-state index contributed by atoms with van der Waals surface area (Å²) in [5.41, 5.74) is -1.13. The normalized spacial score (nSPS) is 34.1. The largest absolute Gasteiger partial charge is 0.463 e. The number of fused-ring (bicyclic) bond motifs is 1. The molecular formula is C15H19N2O5+. The first-order chi connectivity index (χ1) is 10.4. The molecule has 0 spiro atoms. The summed E-state index contributed by atoms with van der Waals surface area (Å²) in [7, 11) is 1.45. The van der Waals surface area contributed by atoms with Gasteiger partial charge >= 0.3 is 5.97 Å².